The molecule has 0 unspecified atom stereocenters. The molecule has 5 rings (SSSR count). The van der Waals surface area contributed by atoms with Gasteiger partial charge in [-0.3, -0.25) is 63.6 Å². The van der Waals surface area contributed by atoms with E-state index in [1.807, 2.05) is 81.6 Å². The van der Waals surface area contributed by atoms with Crippen molar-refractivity contribution >= 4 is 23.8 Å². The molecule has 4 aromatic heterocycles. The fourth-order valence-corrected chi connectivity index (χ4v) is 7.45. The van der Waals surface area contributed by atoms with E-state index in [1.165, 1.54) is 0 Å². The Morgan fingerprint density at radius 2 is 1.00 bits per heavy atom. The van der Waals surface area contributed by atoms with Crippen LogP contribution in [0.4, 0.5) is 0 Å². The maximum absolute atomic E-state index is 13.4. The van der Waals surface area contributed by atoms with E-state index in [0.29, 0.717) is 105 Å². The molecule has 2 amide bonds. The minimum atomic E-state index is -0.951. The van der Waals surface area contributed by atoms with Crippen molar-refractivity contribution in [3.63, 3.8) is 0 Å². The van der Waals surface area contributed by atoms with Crippen LogP contribution >= 0.6 is 0 Å². The smallest absolute Gasteiger partial charge is 0.317 e. The average molecular weight is 881 g/mol. The number of carbonyl (C=O) groups excluding carboxylic acids is 2. The van der Waals surface area contributed by atoms with Crippen LogP contribution in [0.5, 0.6) is 0 Å². The van der Waals surface area contributed by atoms with Crippen molar-refractivity contribution in [3.05, 3.63) is 120 Å². The lowest BCUT2D eigenvalue weighted by molar-refractivity contribution is -0.139. The first-order chi connectivity index (χ1) is 31.2. The van der Waals surface area contributed by atoms with Gasteiger partial charge >= 0.3 is 11.9 Å². The average Bonchev–Trinajstić information content (AvgIpc) is 3.29. The number of hydrogen-bond acceptors (Lipinski definition) is 14. The van der Waals surface area contributed by atoms with Gasteiger partial charge in [-0.2, -0.15) is 0 Å². The van der Waals surface area contributed by atoms with E-state index < -0.39 is 11.9 Å². The Morgan fingerprint density at radius 1 is 0.531 bits per heavy atom. The van der Waals surface area contributed by atoms with Gasteiger partial charge in [0, 0.05) is 149 Å². The zero-order valence-corrected chi connectivity index (χ0v) is 36.8. The van der Waals surface area contributed by atoms with Gasteiger partial charge in [-0.25, -0.2) is 0 Å². The quantitative estimate of drug-likeness (QED) is 0.0777. The number of carboxylic acid groups (broad SMARTS) is 2. The number of rotatable bonds is 24. The summed E-state index contributed by atoms with van der Waals surface area (Å²) in [6, 6.07) is 21.4. The summed E-state index contributed by atoms with van der Waals surface area (Å²) in [6.45, 7) is 8.26. The Bertz CT molecular complexity index is 1880. The molecule has 0 spiro atoms. The predicted octanol–water partition coefficient (Wildman–Crippen LogP) is 1.03. The number of carboxylic acids is 2. The third-order valence-electron chi connectivity index (χ3n) is 10.9. The molecule has 0 saturated carbocycles. The molecule has 1 fully saturated rings. The van der Waals surface area contributed by atoms with E-state index in [-0.39, 0.29) is 37.9 Å². The second kappa shape index (κ2) is 28.1. The highest BCUT2D eigenvalue weighted by atomic mass is 16.4. The third kappa shape index (κ3) is 20.2. The number of nitrogens with one attached hydrogen (secondary N) is 2. The molecule has 1 saturated heterocycles. The largest absolute Gasteiger partial charge is 0.480 e. The summed E-state index contributed by atoms with van der Waals surface area (Å²) in [4.78, 5) is 80.3. The molecule has 0 radical (unpaired) electrons. The van der Waals surface area contributed by atoms with Gasteiger partial charge in [0.05, 0.1) is 36.7 Å². The molecule has 0 atom stereocenters. The van der Waals surface area contributed by atoms with Gasteiger partial charge in [-0.1, -0.05) is 24.3 Å². The predicted molar refractivity (Wildman–Crippen MR) is 242 cm³/mol. The highest BCUT2D eigenvalue weighted by molar-refractivity contribution is 5.78. The van der Waals surface area contributed by atoms with Gasteiger partial charge in [-0.05, 0) is 54.4 Å². The normalized spacial score (nSPS) is 15.0. The van der Waals surface area contributed by atoms with Gasteiger partial charge < -0.3 is 25.7 Å². The number of aromatic nitrogens is 4. The van der Waals surface area contributed by atoms with Crippen LogP contribution in [-0.4, -0.2) is 195 Å². The first kappa shape index (κ1) is 49.3. The van der Waals surface area contributed by atoms with Gasteiger partial charge in [0.2, 0.25) is 11.8 Å². The molecular formula is C46H64N12O6. The molecule has 18 nitrogen and oxygen atoms in total. The molecule has 1 aliphatic heterocycles. The van der Waals surface area contributed by atoms with E-state index in [0.717, 1.165) is 35.6 Å². The molecule has 4 aromatic rings. The molecule has 0 aromatic carbocycles. The van der Waals surface area contributed by atoms with Gasteiger partial charge in [-0.15, -0.1) is 0 Å². The Morgan fingerprint density at radius 3 is 1.47 bits per heavy atom. The highest BCUT2D eigenvalue weighted by Crippen LogP contribution is 2.08. The van der Waals surface area contributed by atoms with Crippen LogP contribution in [0, 0.1) is 0 Å². The molecule has 0 aliphatic carbocycles. The second-order valence-electron chi connectivity index (χ2n) is 16.0. The maximum Gasteiger partial charge on any atom is 0.317 e. The lowest BCUT2D eigenvalue weighted by atomic mass is 10.2. The number of aliphatic carboxylic acids is 2. The van der Waals surface area contributed by atoms with E-state index in [4.69, 9.17) is 0 Å². The first-order valence-corrected chi connectivity index (χ1v) is 22.1. The van der Waals surface area contributed by atoms with Crippen LogP contribution in [0.15, 0.2) is 97.7 Å². The second-order valence-corrected chi connectivity index (χ2v) is 16.0. The standard InChI is InChI=1S/C46H64N12O6/c59-43(51-18-22-54(33-40-9-1-4-15-48-40)20-12-39-8-7-14-47-32-39)13-21-53-24-26-56(37-45(61)62)30-28-55(29-31-57(27-25-53)38-46(63)64)36-44(60)52-19-23-58(34-41-10-2-5-16-49-41)35-42-11-3-6-17-50-42/h1-11,14-17,32H,12-13,18-31,33-38H2,(H,51,59)(H,52,60)(H,61,62)(H,63,64). The van der Waals surface area contributed by atoms with Gasteiger partial charge in [0.25, 0.3) is 0 Å². The van der Waals surface area contributed by atoms with Crippen molar-refractivity contribution in [1.82, 2.24) is 60.0 Å². The SMILES string of the molecule is O=C(O)CN1CCN(CCC(=O)NCCN(CCc2cccnc2)Cc2ccccn2)CCN(CC(=O)O)CCN(CC(=O)NCCN(Cc2ccccn2)Cc2ccccn2)CC1. The van der Waals surface area contributed by atoms with Crippen LogP contribution in [0.2, 0.25) is 0 Å². The molecule has 1 aliphatic rings. The Kier molecular flexibility index (Phi) is 21.6. The third-order valence-corrected chi connectivity index (χ3v) is 10.9. The Hall–Kier alpha value is -5.76. The topological polar surface area (TPSA) is 204 Å². The zero-order valence-electron chi connectivity index (χ0n) is 36.8. The summed E-state index contributed by atoms with van der Waals surface area (Å²) in [5.74, 6) is -2.17. The number of carbonyl (C=O) groups is 4. The minimum Gasteiger partial charge on any atom is -0.480 e. The highest BCUT2D eigenvalue weighted by Gasteiger charge is 2.21. The van der Waals surface area contributed by atoms with Gasteiger partial charge in [0.15, 0.2) is 0 Å². The van der Waals surface area contributed by atoms with Crippen molar-refractivity contribution in [3.8, 4) is 0 Å². The van der Waals surface area contributed by atoms with Gasteiger partial charge in [0.1, 0.15) is 0 Å². The number of pyridine rings is 4. The molecule has 64 heavy (non-hydrogen) atoms. The summed E-state index contributed by atoms with van der Waals surface area (Å²) < 4.78 is 0. The van der Waals surface area contributed by atoms with Crippen LogP contribution in [0.25, 0.3) is 0 Å². The van der Waals surface area contributed by atoms with Crippen molar-refractivity contribution in [2.75, 3.05) is 111 Å². The van der Waals surface area contributed by atoms with Crippen LogP contribution < -0.4 is 10.6 Å². The van der Waals surface area contributed by atoms with Crippen molar-refractivity contribution in [1.29, 1.82) is 0 Å². The van der Waals surface area contributed by atoms with Crippen LogP contribution in [0.1, 0.15) is 29.1 Å². The number of amides is 2. The summed E-state index contributed by atoms with van der Waals surface area (Å²) >= 11 is 0. The summed E-state index contributed by atoms with van der Waals surface area (Å²) in [7, 11) is 0. The number of nitrogens with zero attached hydrogens (tertiary/aromatic N) is 10. The van der Waals surface area contributed by atoms with E-state index in [9.17, 15) is 29.4 Å². The fourth-order valence-electron chi connectivity index (χ4n) is 7.45. The Balaban J connectivity index is 1.12. The van der Waals surface area contributed by atoms with E-state index in [2.05, 4.69) is 51.3 Å². The monoisotopic (exact) mass is 881 g/mol. The molecule has 0 bridgehead atoms. The minimum absolute atomic E-state index is 0.0783. The van der Waals surface area contributed by atoms with E-state index in [1.54, 1.807) is 24.8 Å². The molecule has 18 heteroatoms. The molecule has 344 valence electrons. The lowest BCUT2D eigenvalue weighted by Crippen LogP contribution is -2.49. The zero-order chi connectivity index (χ0) is 45.2. The van der Waals surface area contributed by atoms with E-state index >= 15 is 0 Å². The fraction of sp³-hybridized carbons (Fsp3) is 0.478. The van der Waals surface area contributed by atoms with Crippen LogP contribution in [0.3, 0.4) is 0 Å². The molecule has 5 heterocycles. The van der Waals surface area contributed by atoms with Crippen molar-refractivity contribution < 1.29 is 29.4 Å². The summed E-state index contributed by atoms with van der Waals surface area (Å²) in [6.07, 6.45) is 9.97. The molecular weight excluding hydrogens is 817 g/mol. The first-order valence-electron chi connectivity index (χ1n) is 22.1. The maximum atomic E-state index is 13.4. The van der Waals surface area contributed by atoms with Crippen molar-refractivity contribution in [2.24, 2.45) is 0 Å². The lowest BCUT2D eigenvalue weighted by Gasteiger charge is -2.33. The van der Waals surface area contributed by atoms with Crippen LogP contribution in [-0.2, 0) is 45.2 Å². The Labute approximate surface area is 376 Å². The summed E-state index contributed by atoms with van der Waals surface area (Å²) in [5.41, 5.74) is 3.91. The number of hydrogen-bond donors (Lipinski definition) is 4. The summed E-state index contributed by atoms with van der Waals surface area (Å²) in [5, 5.41) is 25.7. The molecule has 4 N–H and O–H groups in total. The van der Waals surface area contributed by atoms with Crippen molar-refractivity contribution in [2.45, 2.75) is 32.5 Å².